The van der Waals surface area contributed by atoms with Gasteiger partial charge in [0, 0.05) is 22.0 Å². The Bertz CT molecular complexity index is 377. The van der Waals surface area contributed by atoms with Crippen molar-refractivity contribution in [2.45, 2.75) is 19.3 Å². The molecule has 0 radical (unpaired) electrons. The van der Waals surface area contributed by atoms with E-state index in [2.05, 4.69) is 19.2 Å². The van der Waals surface area contributed by atoms with Crippen LogP contribution < -0.4 is 5.32 Å². The Balaban J connectivity index is 2.84. The van der Waals surface area contributed by atoms with Crippen molar-refractivity contribution < 1.29 is 4.79 Å². The second-order valence-electron chi connectivity index (χ2n) is 4.31. The third kappa shape index (κ3) is 3.48. The van der Waals surface area contributed by atoms with E-state index in [9.17, 15) is 4.79 Å². The lowest BCUT2D eigenvalue weighted by Gasteiger charge is -2.26. The van der Waals surface area contributed by atoms with E-state index in [0.29, 0.717) is 23.1 Å². The predicted octanol–water partition coefficient (Wildman–Crippen LogP) is 3.06. The summed E-state index contributed by atoms with van der Waals surface area (Å²) in [4.78, 5) is 10.2. The fourth-order valence-electron chi connectivity index (χ4n) is 1.58. The average Bonchev–Trinajstić information content (AvgIpc) is 2.17. The van der Waals surface area contributed by atoms with Gasteiger partial charge in [-0.3, -0.25) is 0 Å². The van der Waals surface area contributed by atoms with Crippen LogP contribution in [0, 0.1) is 0 Å². The first-order valence-corrected chi connectivity index (χ1v) is 5.83. The number of hydrogen-bond donors (Lipinski definition) is 1. The number of rotatable bonds is 5. The molecule has 0 heterocycles. The molecule has 0 aliphatic carbocycles. The summed E-state index contributed by atoms with van der Waals surface area (Å²) in [6, 6.07) is 5.48. The normalized spacial score (nSPS) is 11.5. The summed E-state index contributed by atoms with van der Waals surface area (Å²) in [6.45, 7) is 5.18. The van der Waals surface area contributed by atoms with E-state index in [1.54, 1.807) is 6.07 Å². The van der Waals surface area contributed by atoms with Gasteiger partial charge >= 0.3 is 0 Å². The van der Waals surface area contributed by atoms with Gasteiger partial charge in [0.1, 0.15) is 6.29 Å². The largest absolute Gasteiger partial charge is 0.309 e. The summed E-state index contributed by atoms with van der Waals surface area (Å²) >= 11 is 12.0. The Kier molecular flexibility index (Phi) is 4.78. The van der Waals surface area contributed by atoms with Crippen molar-refractivity contribution in [3.05, 3.63) is 33.8 Å². The van der Waals surface area contributed by atoms with Gasteiger partial charge in [0.25, 0.3) is 0 Å². The molecule has 88 valence electrons. The van der Waals surface area contributed by atoms with Crippen LogP contribution in [0.15, 0.2) is 18.2 Å². The molecule has 0 saturated carbocycles. The molecule has 16 heavy (non-hydrogen) atoms. The van der Waals surface area contributed by atoms with Gasteiger partial charge in [-0.25, -0.2) is 0 Å². The molecule has 0 saturated heterocycles. The van der Waals surface area contributed by atoms with Crippen LogP contribution in [-0.2, 0) is 10.2 Å². The van der Waals surface area contributed by atoms with Gasteiger partial charge in [-0.2, -0.15) is 0 Å². The molecule has 0 aliphatic rings. The Morgan fingerprint density at radius 3 is 2.62 bits per heavy atom. The second-order valence-corrected chi connectivity index (χ2v) is 5.15. The minimum absolute atomic E-state index is 0.134. The fraction of sp³-hybridized carbons (Fsp3) is 0.417. The molecule has 1 N–H and O–H groups in total. The van der Waals surface area contributed by atoms with Gasteiger partial charge in [-0.05, 0) is 17.7 Å². The molecule has 1 aromatic rings. The monoisotopic (exact) mass is 259 g/mol. The smallest absolute Gasteiger partial charge is 0.133 e. The lowest BCUT2D eigenvalue weighted by molar-refractivity contribution is -0.107. The highest BCUT2D eigenvalue weighted by Crippen LogP contribution is 2.31. The minimum atomic E-state index is -0.134. The van der Waals surface area contributed by atoms with Crippen molar-refractivity contribution in [3.8, 4) is 0 Å². The molecule has 0 amide bonds. The Morgan fingerprint density at radius 1 is 1.38 bits per heavy atom. The Hall–Kier alpha value is -0.570. The molecular weight excluding hydrogens is 245 g/mol. The van der Waals surface area contributed by atoms with E-state index in [1.165, 1.54) is 0 Å². The first kappa shape index (κ1) is 13.5. The summed E-state index contributed by atoms with van der Waals surface area (Å²) in [5.41, 5.74) is 0.891. The lowest BCUT2D eigenvalue weighted by atomic mass is 9.84. The maximum absolute atomic E-state index is 10.2. The summed E-state index contributed by atoms with van der Waals surface area (Å²) in [7, 11) is 0. The molecular formula is C12H15Cl2NO. The minimum Gasteiger partial charge on any atom is -0.309 e. The molecule has 4 heteroatoms. The third-order valence-corrected chi connectivity index (χ3v) is 3.00. The third-order valence-electron chi connectivity index (χ3n) is 2.45. The molecule has 0 unspecified atom stereocenters. The van der Waals surface area contributed by atoms with Crippen molar-refractivity contribution >= 4 is 29.5 Å². The zero-order valence-corrected chi connectivity index (χ0v) is 10.9. The Labute approximate surface area is 106 Å². The number of carbonyl (C=O) groups excluding carboxylic acids is 1. The summed E-state index contributed by atoms with van der Waals surface area (Å²) in [5.74, 6) is 0. The van der Waals surface area contributed by atoms with E-state index in [0.717, 1.165) is 11.8 Å². The van der Waals surface area contributed by atoms with E-state index < -0.39 is 0 Å². The van der Waals surface area contributed by atoms with Crippen LogP contribution in [0.3, 0.4) is 0 Å². The average molecular weight is 260 g/mol. The van der Waals surface area contributed by atoms with Crippen molar-refractivity contribution in [2.75, 3.05) is 13.1 Å². The maximum Gasteiger partial charge on any atom is 0.133 e. The van der Waals surface area contributed by atoms with E-state index in [4.69, 9.17) is 23.2 Å². The second kappa shape index (κ2) is 5.67. The molecule has 0 aliphatic heterocycles. The number of aldehydes is 1. The molecule has 0 aromatic heterocycles. The molecule has 1 aromatic carbocycles. The van der Waals surface area contributed by atoms with Crippen LogP contribution >= 0.6 is 23.2 Å². The van der Waals surface area contributed by atoms with Crippen LogP contribution in [0.4, 0.5) is 0 Å². The highest BCUT2D eigenvalue weighted by atomic mass is 35.5. The molecule has 0 fully saturated rings. The van der Waals surface area contributed by atoms with Gasteiger partial charge in [0.15, 0.2) is 0 Å². The van der Waals surface area contributed by atoms with Crippen LogP contribution in [0.25, 0.3) is 0 Å². The van der Waals surface area contributed by atoms with Gasteiger partial charge < -0.3 is 10.1 Å². The van der Waals surface area contributed by atoms with Crippen LogP contribution in [0.5, 0.6) is 0 Å². The lowest BCUT2D eigenvalue weighted by Crippen LogP contribution is -2.34. The number of nitrogens with one attached hydrogen (secondary N) is 1. The first-order valence-electron chi connectivity index (χ1n) is 5.07. The number of hydrogen-bond acceptors (Lipinski definition) is 2. The molecule has 0 bridgehead atoms. The zero-order chi connectivity index (χ0) is 12.2. The predicted molar refractivity (Wildman–Crippen MR) is 68.4 cm³/mol. The maximum atomic E-state index is 10.2. The van der Waals surface area contributed by atoms with Crippen molar-refractivity contribution in [1.82, 2.24) is 5.32 Å². The number of halogens is 2. The van der Waals surface area contributed by atoms with E-state index in [-0.39, 0.29) is 5.41 Å². The summed E-state index contributed by atoms with van der Waals surface area (Å²) < 4.78 is 0. The fourth-order valence-corrected chi connectivity index (χ4v) is 2.24. The van der Waals surface area contributed by atoms with E-state index >= 15 is 0 Å². The van der Waals surface area contributed by atoms with Crippen LogP contribution in [-0.4, -0.2) is 19.4 Å². The molecule has 1 rings (SSSR count). The van der Waals surface area contributed by atoms with E-state index in [1.807, 2.05) is 12.1 Å². The number of benzene rings is 1. The molecule has 0 atom stereocenters. The van der Waals surface area contributed by atoms with Gasteiger partial charge in [-0.1, -0.05) is 43.1 Å². The Morgan fingerprint density at radius 2 is 2.06 bits per heavy atom. The summed E-state index contributed by atoms with van der Waals surface area (Å²) in [5, 5.41) is 4.34. The van der Waals surface area contributed by atoms with Gasteiger partial charge in [-0.15, -0.1) is 0 Å². The standard InChI is InChI=1S/C12H15Cl2NO/c1-12(2,8-15-5-6-16)10-4-3-9(13)7-11(10)14/h3-4,6-7,15H,5,8H2,1-2H3. The topological polar surface area (TPSA) is 29.1 Å². The molecule has 0 spiro atoms. The van der Waals surface area contributed by atoms with Crippen LogP contribution in [0.1, 0.15) is 19.4 Å². The SMILES string of the molecule is CC(C)(CNCC=O)c1ccc(Cl)cc1Cl. The highest BCUT2D eigenvalue weighted by molar-refractivity contribution is 6.35. The summed E-state index contributed by atoms with van der Waals surface area (Å²) in [6.07, 6.45) is 0.847. The first-order chi connectivity index (χ1) is 7.47. The van der Waals surface area contributed by atoms with Crippen molar-refractivity contribution in [1.29, 1.82) is 0 Å². The molecule has 2 nitrogen and oxygen atoms in total. The highest BCUT2D eigenvalue weighted by Gasteiger charge is 2.22. The number of carbonyl (C=O) groups is 1. The zero-order valence-electron chi connectivity index (χ0n) is 9.39. The van der Waals surface area contributed by atoms with Crippen molar-refractivity contribution in [3.63, 3.8) is 0 Å². The van der Waals surface area contributed by atoms with Crippen LogP contribution in [0.2, 0.25) is 10.0 Å². The van der Waals surface area contributed by atoms with Crippen molar-refractivity contribution in [2.24, 2.45) is 0 Å². The van der Waals surface area contributed by atoms with Gasteiger partial charge in [0.05, 0.1) is 6.54 Å². The quantitative estimate of drug-likeness (QED) is 0.651. The van der Waals surface area contributed by atoms with Gasteiger partial charge in [0.2, 0.25) is 0 Å².